The molecule has 0 aliphatic carbocycles. The fraction of sp³-hybridized carbons (Fsp3) is 0.294. The second kappa shape index (κ2) is 7.24. The van der Waals surface area contributed by atoms with Gasteiger partial charge < -0.3 is 14.8 Å². The summed E-state index contributed by atoms with van der Waals surface area (Å²) in [4.78, 5) is 0. The Labute approximate surface area is 138 Å². The number of benzene rings is 2. The van der Waals surface area contributed by atoms with Gasteiger partial charge in [-0.25, -0.2) is 0 Å². The summed E-state index contributed by atoms with van der Waals surface area (Å²) in [7, 11) is 0. The zero-order valence-electron chi connectivity index (χ0n) is 11.7. The summed E-state index contributed by atoms with van der Waals surface area (Å²) in [6.07, 6.45) is -0.0768. The molecule has 21 heavy (non-hydrogen) atoms. The fourth-order valence-electron chi connectivity index (χ4n) is 2.46. The van der Waals surface area contributed by atoms with Crippen LogP contribution in [0.2, 0.25) is 0 Å². The molecule has 2 aromatic carbocycles. The van der Waals surface area contributed by atoms with E-state index in [0.717, 1.165) is 34.6 Å². The summed E-state index contributed by atoms with van der Waals surface area (Å²) >= 11 is 2.30. The van der Waals surface area contributed by atoms with Gasteiger partial charge in [0.25, 0.3) is 0 Å². The van der Waals surface area contributed by atoms with E-state index < -0.39 is 0 Å². The molecule has 110 valence electrons. The van der Waals surface area contributed by atoms with Crippen LogP contribution < -0.4 is 10.1 Å². The second-order valence-corrected chi connectivity index (χ2v) is 6.16. The van der Waals surface area contributed by atoms with E-state index in [4.69, 9.17) is 9.47 Å². The molecule has 2 aromatic rings. The van der Waals surface area contributed by atoms with Crippen molar-refractivity contribution in [3.05, 3.63) is 63.7 Å². The molecule has 4 heteroatoms. The van der Waals surface area contributed by atoms with Crippen LogP contribution in [0.1, 0.15) is 11.7 Å². The molecule has 0 spiro atoms. The van der Waals surface area contributed by atoms with Crippen molar-refractivity contribution in [3.8, 4) is 5.75 Å². The Kier molecular flexibility index (Phi) is 5.11. The number of hydrogen-bond acceptors (Lipinski definition) is 3. The Morgan fingerprint density at radius 3 is 2.57 bits per heavy atom. The van der Waals surface area contributed by atoms with Crippen LogP contribution in [0.3, 0.4) is 0 Å². The second-order valence-electron chi connectivity index (χ2n) is 4.99. The van der Waals surface area contributed by atoms with Crippen LogP contribution in [-0.2, 0) is 4.74 Å². The minimum absolute atomic E-state index is 0.0251. The van der Waals surface area contributed by atoms with Crippen molar-refractivity contribution in [1.82, 2.24) is 5.32 Å². The lowest BCUT2D eigenvalue weighted by molar-refractivity contribution is -0.0435. The van der Waals surface area contributed by atoms with E-state index in [0.29, 0.717) is 0 Å². The largest absolute Gasteiger partial charge is 0.482 e. The van der Waals surface area contributed by atoms with E-state index in [9.17, 15) is 0 Å². The topological polar surface area (TPSA) is 30.5 Å². The third-order valence-corrected chi connectivity index (χ3v) is 4.40. The molecule has 1 N–H and O–H groups in total. The van der Waals surface area contributed by atoms with Crippen molar-refractivity contribution in [2.75, 3.05) is 19.7 Å². The van der Waals surface area contributed by atoms with Crippen LogP contribution >= 0.6 is 22.6 Å². The van der Waals surface area contributed by atoms with E-state index in [-0.39, 0.29) is 12.2 Å². The minimum Gasteiger partial charge on any atom is -0.482 e. The Bertz CT molecular complexity index is 570. The van der Waals surface area contributed by atoms with E-state index in [2.05, 4.69) is 46.1 Å². The third-order valence-electron chi connectivity index (χ3n) is 3.51. The van der Waals surface area contributed by atoms with Gasteiger partial charge in [0.2, 0.25) is 0 Å². The third kappa shape index (κ3) is 3.75. The van der Waals surface area contributed by atoms with E-state index >= 15 is 0 Å². The van der Waals surface area contributed by atoms with Crippen molar-refractivity contribution in [3.63, 3.8) is 0 Å². The maximum atomic E-state index is 6.30. The summed E-state index contributed by atoms with van der Waals surface area (Å²) in [5, 5.41) is 3.38. The van der Waals surface area contributed by atoms with Gasteiger partial charge in [-0.3, -0.25) is 0 Å². The van der Waals surface area contributed by atoms with Gasteiger partial charge in [-0.05, 0) is 40.3 Å². The number of morpholine rings is 1. The molecule has 0 bridgehead atoms. The standard InChI is InChI=1S/C17H18INO2/c18-14-8-4-5-9-15(14)21-17(13-6-2-1-3-7-13)16-12-19-10-11-20-16/h1-9,16-17,19H,10-12H2/t16-,17-/m1/s1/i18-3. The molecule has 0 unspecified atom stereocenters. The molecular weight excluding hydrogens is 374 g/mol. The fourth-order valence-corrected chi connectivity index (χ4v) is 2.97. The van der Waals surface area contributed by atoms with E-state index in [1.54, 1.807) is 0 Å². The van der Waals surface area contributed by atoms with Gasteiger partial charge in [-0.1, -0.05) is 42.5 Å². The van der Waals surface area contributed by atoms with Gasteiger partial charge in [-0.2, -0.15) is 0 Å². The quantitative estimate of drug-likeness (QED) is 0.810. The normalized spacial score (nSPS) is 20.0. The van der Waals surface area contributed by atoms with Crippen molar-refractivity contribution in [1.29, 1.82) is 0 Å². The molecule has 0 aromatic heterocycles. The summed E-state index contributed by atoms with van der Waals surface area (Å²) in [5.74, 6) is 0.904. The molecule has 0 amide bonds. The number of rotatable bonds is 4. The monoisotopic (exact) mass is 392 g/mol. The van der Waals surface area contributed by atoms with Gasteiger partial charge in [-0.15, -0.1) is 0 Å². The zero-order chi connectivity index (χ0) is 14.5. The number of para-hydroxylation sites is 1. The first-order valence-corrected chi connectivity index (χ1v) is 8.21. The SMILES string of the molecule is [124I]c1ccccc1O[C@H](c1ccccc1)[C@H]1CNCCO1. The van der Waals surface area contributed by atoms with Crippen LogP contribution in [0.4, 0.5) is 0 Å². The Morgan fingerprint density at radius 2 is 1.86 bits per heavy atom. The Hall–Kier alpha value is -1.11. The van der Waals surface area contributed by atoms with E-state index in [1.807, 2.05) is 36.4 Å². The maximum absolute atomic E-state index is 6.30. The summed E-state index contributed by atoms with van der Waals surface area (Å²) in [5.41, 5.74) is 1.14. The van der Waals surface area contributed by atoms with Gasteiger partial charge >= 0.3 is 0 Å². The van der Waals surface area contributed by atoms with Crippen LogP contribution in [0.25, 0.3) is 0 Å². The van der Waals surface area contributed by atoms with Crippen molar-refractivity contribution in [2.45, 2.75) is 12.2 Å². The van der Waals surface area contributed by atoms with Gasteiger partial charge in [0, 0.05) is 13.1 Å². The first-order chi connectivity index (χ1) is 10.3. The van der Waals surface area contributed by atoms with Gasteiger partial charge in [0.15, 0.2) is 6.10 Å². The van der Waals surface area contributed by atoms with Crippen LogP contribution in [0.15, 0.2) is 54.6 Å². The molecule has 2 atom stereocenters. The van der Waals surface area contributed by atoms with Crippen molar-refractivity contribution >= 4 is 22.6 Å². The predicted molar refractivity (Wildman–Crippen MR) is 91.6 cm³/mol. The Morgan fingerprint density at radius 1 is 1.10 bits per heavy atom. The average molecular weight is 392 g/mol. The highest BCUT2D eigenvalue weighted by molar-refractivity contribution is 14.1. The van der Waals surface area contributed by atoms with Crippen LogP contribution in [0, 0.1) is 3.57 Å². The number of halogens is 1. The first kappa shape index (κ1) is 14.8. The summed E-state index contributed by atoms with van der Waals surface area (Å²) in [6, 6.07) is 18.4. The van der Waals surface area contributed by atoms with Crippen LogP contribution in [0.5, 0.6) is 5.75 Å². The molecule has 1 fully saturated rings. The molecule has 0 radical (unpaired) electrons. The molecule has 1 heterocycles. The zero-order valence-corrected chi connectivity index (χ0v) is 13.8. The highest BCUT2D eigenvalue weighted by atomic mass is 124. The van der Waals surface area contributed by atoms with Gasteiger partial charge in [0.05, 0.1) is 10.2 Å². The number of ether oxygens (including phenoxy) is 2. The molecule has 0 saturated carbocycles. The molecule has 3 rings (SSSR count). The van der Waals surface area contributed by atoms with E-state index in [1.165, 1.54) is 0 Å². The first-order valence-electron chi connectivity index (χ1n) is 7.13. The molecular formula is C17H18INO2. The number of hydrogen-bond donors (Lipinski definition) is 1. The van der Waals surface area contributed by atoms with Crippen molar-refractivity contribution in [2.24, 2.45) is 0 Å². The molecule has 1 saturated heterocycles. The van der Waals surface area contributed by atoms with Crippen LogP contribution in [-0.4, -0.2) is 25.8 Å². The highest BCUT2D eigenvalue weighted by Gasteiger charge is 2.28. The summed E-state index contributed by atoms with van der Waals surface area (Å²) in [6.45, 7) is 2.44. The highest BCUT2D eigenvalue weighted by Crippen LogP contribution is 2.30. The molecule has 1 aliphatic heterocycles. The molecule has 3 nitrogen and oxygen atoms in total. The molecule has 1 aliphatic rings. The lowest BCUT2D eigenvalue weighted by atomic mass is 10.0. The predicted octanol–water partition coefficient (Wildman–Crippen LogP) is 3.40. The maximum Gasteiger partial charge on any atom is 0.151 e. The smallest absolute Gasteiger partial charge is 0.151 e. The lowest BCUT2D eigenvalue weighted by Gasteiger charge is -2.31. The van der Waals surface area contributed by atoms with Crippen molar-refractivity contribution < 1.29 is 9.47 Å². The lowest BCUT2D eigenvalue weighted by Crippen LogP contribution is -2.43. The van der Waals surface area contributed by atoms with Gasteiger partial charge in [0.1, 0.15) is 11.9 Å². The summed E-state index contributed by atoms with van der Waals surface area (Å²) < 4.78 is 13.3. The average Bonchev–Trinajstić information content (AvgIpc) is 2.56. The Balaban J connectivity index is 1.87. The minimum atomic E-state index is -0.102. The number of nitrogens with one attached hydrogen (secondary N) is 1.